The van der Waals surface area contributed by atoms with E-state index >= 15 is 0 Å². The second-order valence-corrected chi connectivity index (χ2v) is 3.89. The van der Waals surface area contributed by atoms with E-state index < -0.39 is 0 Å². The summed E-state index contributed by atoms with van der Waals surface area (Å²) >= 11 is 0. The van der Waals surface area contributed by atoms with Gasteiger partial charge in [-0.15, -0.1) is 0 Å². The van der Waals surface area contributed by atoms with Crippen LogP contribution in [0.2, 0.25) is 0 Å². The fraction of sp³-hybridized carbons (Fsp3) is 0.273. The Morgan fingerprint density at radius 2 is 2.19 bits per heavy atom. The van der Waals surface area contributed by atoms with Crippen molar-refractivity contribution in [1.82, 2.24) is 14.9 Å². The van der Waals surface area contributed by atoms with Gasteiger partial charge in [-0.25, -0.2) is 4.98 Å². The van der Waals surface area contributed by atoms with Gasteiger partial charge in [-0.2, -0.15) is 0 Å². The third-order valence-electron chi connectivity index (χ3n) is 2.11. The van der Waals surface area contributed by atoms with Crippen molar-refractivity contribution in [3.63, 3.8) is 0 Å². The molecule has 0 saturated heterocycles. The molecule has 0 spiro atoms. The van der Waals surface area contributed by atoms with E-state index in [1.165, 1.54) is 0 Å². The summed E-state index contributed by atoms with van der Waals surface area (Å²) in [6, 6.07) is 7.65. The van der Waals surface area contributed by atoms with Crippen molar-refractivity contribution in [2.45, 2.75) is 0 Å². The smallest absolute Gasteiger partial charge is 0.240 e. The minimum atomic E-state index is -0.0796. The summed E-state index contributed by atoms with van der Waals surface area (Å²) in [5, 5.41) is 2.72. The van der Waals surface area contributed by atoms with E-state index in [1.807, 2.05) is 38.4 Å². The third kappa shape index (κ3) is 2.38. The molecule has 2 aromatic rings. The number of anilines is 1. The quantitative estimate of drug-likeness (QED) is 0.810. The van der Waals surface area contributed by atoms with Crippen LogP contribution in [0.15, 0.2) is 24.3 Å². The third-order valence-corrected chi connectivity index (χ3v) is 2.11. The topological polar surface area (TPSA) is 61.0 Å². The molecule has 1 aromatic carbocycles. The van der Waals surface area contributed by atoms with Crippen LogP contribution in [0.5, 0.6) is 0 Å². The Hall–Kier alpha value is -1.88. The normalized spacial score (nSPS) is 10.9. The van der Waals surface area contributed by atoms with E-state index in [0.717, 1.165) is 11.0 Å². The van der Waals surface area contributed by atoms with Crippen LogP contribution in [0.3, 0.4) is 0 Å². The van der Waals surface area contributed by atoms with Gasteiger partial charge in [-0.05, 0) is 26.2 Å². The van der Waals surface area contributed by atoms with Crippen molar-refractivity contribution in [2.24, 2.45) is 0 Å². The number of carbonyl (C=O) groups is 1. The molecule has 5 nitrogen and oxygen atoms in total. The molecule has 5 heteroatoms. The minimum Gasteiger partial charge on any atom is -0.324 e. The van der Waals surface area contributed by atoms with Crippen LogP contribution in [0.4, 0.5) is 5.95 Å². The van der Waals surface area contributed by atoms with Crippen molar-refractivity contribution in [3.05, 3.63) is 24.3 Å². The maximum Gasteiger partial charge on any atom is 0.240 e. The zero-order chi connectivity index (χ0) is 11.5. The monoisotopic (exact) mass is 218 g/mol. The van der Waals surface area contributed by atoms with Crippen LogP contribution >= 0.6 is 0 Å². The highest BCUT2D eigenvalue weighted by molar-refractivity contribution is 5.92. The molecule has 0 saturated carbocycles. The number of carbonyl (C=O) groups excluding carboxylic acids is 1. The van der Waals surface area contributed by atoms with Gasteiger partial charge >= 0.3 is 0 Å². The number of benzene rings is 1. The summed E-state index contributed by atoms with van der Waals surface area (Å²) < 4.78 is 0. The minimum absolute atomic E-state index is 0.0796. The molecule has 1 amide bonds. The Morgan fingerprint density at radius 1 is 1.44 bits per heavy atom. The number of rotatable bonds is 3. The lowest BCUT2D eigenvalue weighted by Crippen LogP contribution is -2.27. The first-order valence-electron chi connectivity index (χ1n) is 5.04. The molecule has 0 radical (unpaired) electrons. The average molecular weight is 218 g/mol. The first kappa shape index (κ1) is 10.6. The van der Waals surface area contributed by atoms with Crippen LogP contribution in [0, 0.1) is 0 Å². The molecule has 1 heterocycles. The highest BCUT2D eigenvalue weighted by Crippen LogP contribution is 2.12. The Balaban J connectivity index is 2.12. The summed E-state index contributed by atoms with van der Waals surface area (Å²) in [7, 11) is 3.69. The number of hydrogen-bond acceptors (Lipinski definition) is 3. The molecule has 16 heavy (non-hydrogen) atoms. The molecule has 0 unspecified atom stereocenters. The number of amides is 1. The first-order chi connectivity index (χ1) is 7.65. The van der Waals surface area contributed by atoms with E-state index in [2.05, 4.69) is 15.3 Å². The van der Waals surface area contributed by atoms with Crippen LogP contribution in [0.1, 0.15) is 0 Å². The van der Waals surface area contributed by atoms with Crippen molar-refractivity contribution in [3.8, 4) is 0 Å². The predicted molar refractivity (Wildman–Crippen MR) is 63.3 cm³/mol. The van der Waals surface area contributed by atoms with Gasteiger partial charge < -0.3 is 9.88 Å². The van der Waals surface area contributed by atoms with Crippen LogP contribution in [-0.2, 0) is 4.79 Å². The highest BCUT2D eigenvalue weighted by Gasteiger charge is 2.06. The van der Waals surface area contributed by atoms with Crippen molar-refractivity contribution < 1.29 is 4.79 Å². The SMILES string of the molecule is CN(C)CC(=O)Nc1nc2ccccc2[nH]1. The van der Waals surface area contributed by atoms with Crippen LogP contribution < -0.4 is 5.32 Å². The lowest BCUT2D eigenvalue weighted by Gasteiger charge is -2.07. The van der Waals surface area contributed by atoms with Gasteiger partial charge in [0.05, 0.1) is 17.6 Å². The highest BCUT2D eigenvalue weighted by atomic mass is 16.2. The second kappa shape index (κ2) is 4.32. The number of likely N-dealkylation sites (N-methyl/N-ethyl adjacent to an activating group) is 1. The number of imidazole rings is 1. The standard InChI is InChI=1S/C11H14N4O/c1-15(2)7-10(16)14-11-12-8-5-3-4-6-9(8)13-11/h3-6H,7H2,1-2H3,(H2,12,13,14,16). The van der Waals surface area contributed by atoms with Crippen molar-refractivity contribution in [2.75, 3.05) is 26.0 Å². The summed E-state index contributed by atoms with van der Waals surface area (Å²) in [5.41, 5.74) is 1.77. The largest absolute Gasteiger partial charge is 0.324 e. The van der Waals surface area contributed by atoms with Crippen molar-refractivity contribution >= 4 is 22.9 Å². The lowest BCUT2D eigenvalue weighted by molar-refractivity contribution is -0.116. The molecule has 0 bridgehead atoms. The molecule has 1 aromatic heterocycles. The fourth-order valence-electron chi connectivity index (χ4n) is 1.47. The number of aromatic amines is 1. The maximum atomic E-state index is 11.5. The predicted octanol–water partition coefficient (Wildman–Crippen LogP) is 1.06. The summed E-state index contributed by atoms with van der Waals surface area (Å²) in [6.07, 6.45) is 0. The molecular formula is C11H14N4O. The number of H-pyrrole nitrogens is 1. The van der Waals surface area contributed by atoms with Gasteiger partial charge in [0.15, 0.2) is 0 Å². The summed E-state index contributed by atoms with van der Waals surface area (Å²) in [5.74, 6) is 0.414. The number of fused-ring (bicyclic) bond motifs is 1. The van der Waals surface area contributed by atoms with Gasteiger partial charge in [0, 0.05) is 0 Å². The molecule has 0 aliphatic heterocycles. The molecule has 0 aliphatic carbocycles. The van der Waals surface area contributed by atoms with Gasteiger partial charge in [0.2, 0.25) is 11.9 Å². The molecular weight excluding hydrogens is 204 g/mol. The van der Waals surface area contributed by atoms with E-state index in [9.17, 15) is 4.79 Å². The first-order valence-corrected chi connectivity index (χ1v) is 5.04. The second-order valence-electron chi connectivity index (χ2n) is 3.89. The van der Waals surface area contributed by atoms with Crippen LogP contribution in [0.25, 0.3) is 11.0 Å². The molecule has 2 N–H and O–H groups in total. The Kier molecular flexibility index (Phi) is 2.87. The molecule has 0 aliphatic rings. The fourth-order valence-corrected chi connectivity index (χ4v) is 1.47. The zero-order valence-corrected chi connectivity index (χ0v) is 9.32. The van der Waals surface area contributed by atoms with E-state index in [4.69, 9.17) is 0 Å². The van der Waals surface area contributed by atoms with Gasteiger partial charge in [-0.1, -0.05) is 12.1 Å². The van der Waals surface area contributed by atoms with Crippen LogP contribution in [-0.4, -0.2) is 41.4 Å². The number of nitrogens with one attached hydrogen (secondary N) is 2. The maximum absolute atomic E-state index is 11.5. The zero-order valence-electron chi connectivity index (χ0n) is 9.32. The number of aromatic nitrogens is 2. The number of para-hydroxylation sites is 2. The summed E-state index contributed by atoms with van der Waals surface area (Å²) in [4.78, 5) is 20.6. The molecule has 0 fully saturated rings. The number of hydrogen-bond donors (Lipinski definition) is 2. The molecule has 84 valence electrons. The average Bonchev–Trinajstić information content (AvgIpc) is 2.57. The van der Waals surface area contributed by atoms with Gasteiger partial charge in [0.1, 0.15) is 0 Å². The van der Waals surface area contributed by atoms with E-state index in [-0.39, 0.29) is 5.91 Å². The van der Waals surface area contributed by atoms with E-state index in [1.54, 1.807) is 4.90 Å². The molecule has 2 rings (SSSR count). The lowest BCUT2D eigenvalue weighted by atomic mass is 10.3. The Bertz CT molecular complexity index is 470. The Labute approximate surface area is 93.5 Å². The Morgan fingerprint density at radius 3 is 2.88 bits per heavy atom. The molecule has 0 atom stereocenters. The number of nitrogens with zero attached hydrogens (tertiary/aromatic N) is 2. The van der Waals surface area contributed by atoms with E-state index in [0.29, 0.717) is 12.5 Å². The van der Waals surface area contributed by atoms with Gasteiger partial charge in [0.25, 0.3) is 0 Å². The van der Waals surface area contributed by atoms with Gasteiger partial charge in [-0.3, -0.25) is 10.1 Å². The summed E-state index contributed by atoms with van der Waals surface area (Å²) in [6.45, 7) is 0.344. The van der Waals surface area contributed by atoms with Crippen molar-refractivity contribution in [1.29, 1.82) is 0 Å².